The van der Waals surface area contributed by atoms with Gasteiger partial charge in [0.05, 0.1) is 5.56 Å². The number of sulfonamides is 1. The number of nitrogens with one attached hydrogen (secondary N) is 1. The number of likely N-dealkylation sites (N-methyl/N-ethyl adjacent to an activating group) is 1. The molecule has 1 N–H and O–H groups in total. The van der Waals surface area contributed by atoms with Crippen LogP contribution in [0.25, 0.3) is 0 Å². The summed E-state index contributed by atoms with van der Waals surface area (Å²) in [5.74, 6) is -0.171. The molecule has 11 heteroatoms. The van der Waals surface area contributed by atoms with E-state index in [1.807, 2.05) is 4.90 Å². The topological polar surface area (TPSA) is 122 Å². The van der Waals surface area contributed by atoms with Crippen LogP contribution in [0.5, 0.6) is 0 Å². The molecule has 0 aromatic carbocycles. The van der Waals surface area contributed by atoms with Gasteiger partial charge in [-0.3, -0.25) is 9.59 Å². The highest BCUT2D eigenvalue weighted by Crippen LogP contribution is 2.37. The van der Waals surface area contributed by atoms with E-state index in [2.05, 4.69) is 35.5 Å². The molecule has 2 aromatic heterocycles. The van der Waals surface area contributed by atoms with E-state index >= 15 is 0 Å². The molecule has 196 valence electrons. The highest BCUT2D eigenvalue weighted by Gasteiger charge is 2.39. The first-order valence-electron chi connectivity index (χ1n) is 11.8. The minimum absolute atomic E-state index is 0.122. The first-order chi connectivity index (χ1) is 16.6. The Hall–Kier alpha value is -3.21. The first kappa shape index (κ1) is 27.4. The van der Waals surface area contributed by atoms with Crippen molar-refractivity contribution in [1.82, 2.24) is 14.7 Å². The van der Waals surface area contributed by atoms with E-state index in [0.29, 0.717) is 18.3 Å². The molecule has 1 aliphatic rings. The average Bonchev–Trinajstić information content (AvgIpc) is 3.03. The Kier molecular flexibility index (Phi) is 7.64. The van der Waals surface area contributed by atoms with Crippen LogP contribution in [0.2, 0.25) is 0 Å². The van der Waals surface area contributed by atoms with Crippen molar-refractivity contribution in [3.8, 4) is 0 Å². The van der Waals surface area contributed by atoms with E-state index in [1.54, 1.807) is 52.2 Å². The zero-order valence-electron chi connectivity index (χ0n) is 21.9. The van der Waals surface area contributed by atoms with Gasteiger partial charge in [0.1, 0.15) is 23.8 Å². The summed E-state index contributed by atoms with van der Waals surface area (Å²) in [5.41, 5.74) is -0.702. The molecular formula is C25H35N5O5S. The minimum Gasteiger partial charge on any atom is -0.459 e. The molecular weight excluding hydrogens is 482 g/mol. The lowest BCUT2D eigenvalue weighted by molar-refractivity contribution is -0.152. The van der Waals surface area contributed by atoms with Crippen LogP contribution in [0.4, 0.5) is 11.6 Å². The number of amides is 1. The van der Waals surface area contributed by atoms with E-state index in [-0.39, 0.29) is 28.5 Å². The molecule has 1 atom stereocenters. The summed E-state index contributed by atoms with van der Waals surface area (Å²) in [5, 5.41) is -0.343. The number of aromatic nitrogens is 2. The van der Waals surface area contributed by atoms with Gasteiger partial charge in [-0.25, -0.2) is 14.7 Å². The lowest BCUT2D eigenvalue weighted by atomic mass is 9.97. The zero-order valence-corrected chi connectivity index (χ0v) is 22.7. The summed E-state index contributed by atoms with van der Waals surface area (Å²) >= 11 is 0. The molecule has 0 radical (unpaired) electrons. The second kappa shape index (κ2) is 10.0. The summed E-state index contributed by atoms with van der Waals surface area (Å²) in [4.78, 5) is 37.4. The maximum atomic E-state index is 13.1. The van der Waals surface area contributed by atoms with Crippen molar-refractivity contribution < 1.29 is 22.7 Å². The Morgan fingerprint density at radius 3 is 2.53 bits per heavy atom. The molecule has 36 heavy (non-hydrogen) atoms. The van der Waals surface area contributed by atoms with Gasteiger partial charge in [0, 0.05) is 25.3 Å². The molecule has 10 nitrogen and oxygen atoms in total. The Balaban J connectivity index is 1.81. The third kappa shape index (κ3) is 6.51. The van der Waals surface area contributed by atoms with Crippen LogP contribution in [-0.2, 0) is 19.6 Å². The van der Waals surface area contributed by atoms with Crippen molar-refractivity contribution in [2.45, 2.75) is 64.1 Å². The molecule has 3 heterocycles. The number of ether oxygens (including phenoxy) is 1. The molecule has 0 aliphatic carbocycles. The second-order valence-corrected chi connectivity index (χ2v) is 12.4. The van der Waals surface area contributed by atoms with Crippen LogP contribution in [-0.4, -0.2) is 61.5 Å². The van der Waals surface area contributed by atoms with Crippen molar-refractivity contribution in [2.75, 3.05) is 29.9 Å². The molecule has 2 aromatic rings. The number of anilines is 2. The van der Waals surface area contributed by atoms with Crippen molar-refractivity contribution in [3.05, 3.63) is 42.1 Å². The molecule has 1 amide bonds. The number of rotatable bonds is 7. The average molecular weight is 518 g/mol. The van der Waals surface area contributed by atoms with Crippen LogP contribution in [0, 0.1) is 5.92 Å². The number of pyridine rings is 2. The van der Waals surface area contributed by atoms with Gasteiger partial charge in [0.15, 0.2) is 5.03 Å². The predicted octanol–water partition coefficient (Wildman–Crippen LogP) is 3.00. The smallest absolute Gasteiger partial charge is 0.326 e. The highest BCUT2D eigenvalue weighted by molar-refractivity contribution is 7.90. The SMILES string of the molecule is CC1CN(c2ncccc2C(=O)NS(=O)(=O)c2cccc(N(C)CC(=O)OC(C)(C)C)n2)C(C)(C)C1. The number of hydrogen-bond donors (Lipinski definition) is 1. The Morgan fingerprint density at radius 1 is 1.22 bits per heavy atom. The fourth-order valence-electron chi connectivity index (χ4n) is 4.39. The predicted molar refractivity (Wildman–Crippen MR) is 137 cm³/mol. The van der Waals surface area contributed by atoms with Gasteiger partial charge in [0.25, 0.3) is 15.9 Å². The van der Waals surface area contributed by atoms with Gasteiger partial charge in [-0.1, -0.05) is 13.0 Å². The molecule has 1 aliphatic heterocycles. The van der Waals surface area contributed by atoms with Crippen molar-refractivity contribution in [1.29, 1.82) is 0 Å². The Labute approximate surface area is 213 Å². The molecule has 0 bridgehead atoms. The zero-order chi connectivity index (χ0) is 26.9. The fraction of sp³-hybridized carbons (Fsp3) is 0.520. The van der Waals surface area contributed by atoms with Gasteiger partial charge < -0.3 is 14.5 Å². The maximum Gasteiger partial charge on any atom is 0.326 e. The maximum absolute atomic E-state index is 13.1. The third-order valence-corrected chi connectivity index (χ3v) is 6.98. The molecule has 0 saturated carbocycles. The number of esters is 1. The van der Waals surface area contributed by atoms with Gasteiger partial charge in [0.2, 0.25) is 0 Å². The molecule has 1 unspecified atom stereocenters. The summed E-state index contributed by atoms with van der Waals surface area (Å²) in [6, 6.07) is 7.51. The summed E-state index contributed by atoms with van der Waals surface area (Å²) in [6.07, 6.45) is 2.52. The van der Waals surface area contributed by atoms with Crippen molar-refractivity contribution >= 4 is 33.5 Å². The number of carbonyl (C=O) groups is 2. The lowest BCUT2D eigenvalue weighted by Crippen LogP contribution is -2.41. The highest BCUT2D eigenvalue weighted by atomic mass is 32.2. The summed E-state index contributed by atoms with van der Waals surface area (Å²) in [6.45, 7) is 12.2. The fourth-order valence-corrected chi connectivity index (χ4v) is 5.32. The van der Waals surface area contributed by atoms with Crippen LogP contribution in [0.1, 0.15) is 58.3 Å². The monoisotopic (exact) mass is 517 g/mol. The molecule has 0 spiro atoms. The normalized spacial score (nSPS) is 17.5. The van der Waals surface area contributed by atoms with Crippen molar-refractivity contribution in [2.24, 2.45) is 5.92 Å². The van der Waals surface area contributed by atoms with E-state index in [4.69, 9.17) is 4.74 Å². The molecule has 3 rings (SSSR count). The van der Waals surface area contributed by atoms with E-state index < -0.39 is 27.5 Å². The van der Waals surface area contributed by atoms with Gasteiger partial charge in [-0.2, -0.15) is 8.42 Å². The van der Waals surface area contributed by atoms with Crippen LogP contribution in [0.15, 0.2) is 41.6 Å². The van der Waals surface area contributed by atoms with E-state index in [9.17, 15) is 18.0 Å². The molecule has 1 fully saturated rings. The summed E-state index contributed by atoms with van der Waals surface area (Å²) in [7, 11) is -2.70. The number of carbonyl (C=O) groups excluding carboxylic acids is 2. The van der Waals surface area contributed by atoms with Crippen LogP contribution < -0.4 is 14.5 Å². The number of hydrogen-bond acceptors (Lipinski definition) is 9. The third-order valence-electron chi connectivity index (χ3n) is 5.75. The van der Waals surface area contributed by atoms with Gasteiger partial charge >= 0.3 is 5.97 Å². The number of nitrogens with zero attached hydrogens (tertiary/aromatic N) is 4. The quantitative estimate of drug-likeness (QED) is 0.552. The largest absolute Gasteiger partial charge is 0.459 e. The Morgan fingerprint density at radius 2 is 1.92 bits per heavy atom. The van der Waals surface area contributed by atoms with Crippen molar-refractivity contribution in [3.63, 3.8) is 0 Å². The molecule has 1 saturated heterocycles. The minimum atomic E-state index is -4.30. The Bertz CT molecular complexity index is 1240. The first-order valence-corrected chi connectivity index (χ1v) is 13.3. The van der Waals surface area contributed by atoms with Crippen LogP contribution >= 0.6 is 0 Å². The van der Waals surface area contributed by atoms with E-state index in [1.165, 1.54) is 17.0 Å². The standard InChI is InChI=1S/C25H35N5O5S/c1-17-14-25(5,6)30(15-17)22-18(10-9-13-26-22)23(32)28-36(33,34)20-12-8-11-19(27-20)29(7)16-21(31)35-24(2,3)4/h8-13,17H,14-16H2,1-7H3,(H,28,32). The van der Waals surface area contributed by atoms with Gasteiger partial charge in [-0.15, -0.1) is 0 Å². The van der Waals surface area contributed by atoms with Gasteiger partial charge in [-0.05, 0) is 71.2 Å². The van der Waals surface area contributed by atoms with E-state index in [0.717, 1.165) is 6.42 Å². The van der Waals surface area contributed by atoms with Crippen LogP contribution in [0.3, 0.4) is 0 Å². The summed E-state index contributed by atoms with van der Waals surface area (Å²) < 4.78 is 33.6. The second-order valence-electron chi connectivity index (χ2n) is 10.8. The lowest BCUT2D eigenvalue weighted by Gasteiger charge is -2.33.